The van der Waals surface area contributed by atoms with Crippen LogP contribution in [-0.2, 0) is 0 Å². The molecule has 1 nitrogen and oxygen atoms in total. The lowest BCUT2D eigenvalue weighted by atomic mass is 10.2. The number of hydrogen-bond donors (Lipinski definition) is 0. The van der Waals surface area contributed by atoms with Crippen molar-refractivity contribution in [3.05, 3.63) is 51.1 Å². The maximum atomic E-state index is 6.01. The molecule has 0 bridgehead atoms. The van der Waals surface area contributed by atoms with Crippen LogP contribution in [0.1, 0.15) is 17.4 Å². The highest BCUT2D eigenvalue weighted by Gasteiger charge is 2.15. The summed E-state index contributed by atoms with van der Waals surface area (Å²) in [7, 11) is 0. The Kier molecular flexibility index (Phi) is 4.89. The van der Waals surface area contributed by atoms with Crippen molar-refractivity contribution in [2.75, 3.05) is 5.88 Å². The predicted molar refractivity (Wildman–Crippen MR) is 77.2 cm³/mol. The Morgan fingerprint density at radius 2 is 2.06 bits per heavy atom. The third-order valence-electron chi connectivity index (χ3n) is 2.34. The van der Waals surface area contributed by atoms with Crippen LogP contribution < -0.4 is 4.74 Å². The van der Waals surface area contributed by atoms with E-state index in [-0.39, 0.29) is 6.10 Å². The molecule has 4 heteroatoms. The Morgan fingerprint density at radius 1 is 1.24 bits per heavy atom. The molecule has 2 aromatic rings. The summed E-state index contributed by atoms with van der Waals surface area (Å²) < 4.78 is 6.98. The summed E-state index contributed by atoms with van der Waals surface area (Å²) in [6, 6.07) is 12.0. The first-order valence-electron chi connectivity index (χ1n) is 5.32. The van der Waals surface area contributed by atoms with Crippen molar-refractivity contribution in [2.24, 2.45) is 0 Å². The van der Waals surface area contributed by atoms with Gasteiger partial charge in [0.2, 0.25) is 0 Å². The molecule has 90 valence electrons. The fraction of sp³-hybridized carbons (Fsp3) is 0.231. The minimum atomic E-state index is 0.0335. The third kappa shape index (κ3) is 3.47. The zero-order chi connectivity index (χ0) is 12.1. The minimum absolute atomic E-state index is 0.0335. The first-order chi connectivity index (χ1) is 8.31. The van der Waals surface area contributed by atoms with Gasteiger partial charge in [0.15, 0.2) is 0 Å². The smallest absolute Gasteiger partial charge is 0.134 e. The van der Waals surface area contributed by atoms with Crippen molar-refractivity contribution in [2.45, 2.75) is 12.5 Å². The number of para-hydroxylation sites is 1. The zero-order valence-electron chi connectivity index (χ0n) is 9.11. The first kappa shape index (κ1) is 12.9. The number of rotatable bonds is 5. The van der Waals surface area contributed by atoms with Gasteiger partial charge in [-0.25, -0.2) is 0 Å². The van der Waals surface area contributed by atoms with Gasteiger partial charge in [0.05, 0.1) is 4.47 Å². The van der Waals surface area contributed by atoms with Crippen LogP contribution in [0.5, 0.6) is 5.75 Å². The molecular weight excluding hydrogens is 320 g/mol. The van der Waals surface area contributed by atoms with Gasteiger partial charge in [-0.1, -0.05) is 18.2 Å². The Bertz CT molecular complexity index is 458. The van der Waals surface area contributed by atoms with E-state index in [1.165, 1.54) is 4.88 Å². The van der Waals surface area contributed by atoms with E-state index in [1.54, 1.807) is 11.3 Å². The lowest BCUT2D eigenvalue weighted by Gasteiger charge is -2.17. The molecule has 1 atom stereocenters. The highest BCUT2D eigenvalue weighted by molar-refractivity contribution is 9.10. The van der Waals surface area contributed by atoms with Crippen molar-refractivity contribution >= 4 is 38.9 Å². The summed E-state index contributed by atoms with van der Waals surface area (Å²) in [5.74, 6) is 1.45. The van der Waals surface area contributed by atoms with E-state index in [2.05, 4.69) is 27.4 Å². The molecule has 0 N–H and O–H groups in total. The fourth-order valence-corrected chi connectivity index (χ4v) is 2.89. The maximum Gasteiger partial charge on any atom is 0.134 e. The molecule has 2 rings (SSSR count). The first-order valence-corrected chi connectivity index (χ1v) is 7.52. The van der Waals surface area contributed by atoms with E-state index in [0.29, 0.717) is 5.88 Å². The molecule has 0 aliphatic carbocycles. The van der Waals surface area contributed by atoms with Crippen LogP contribution in [0.15, 0.2) is 46.3 Å². The van der Waals surface area contributed by atoms with Crippen molar-refractivity contribution in [3.63, 3.8) is 0 Å². The normalized spacial score (nSPS) is 12.4. The lowest BCUT2D eigenvalue weighted by molar-refractivity contribution is 0.205. The van der Waals surface area contributed by atoms with Gasteiger partial charge < -0.3 is 4.74 Å². The van der Waals surface area contributed by atoms with Crippen LogP contribution in [0.3, 0.4) is 0 Å². The van der Waals surface area contributed by atoms with E-state index in [1.807, 2.05) is 30.3 Å². The van der Waals surface area contributed by atoms with Crippen LogP contribution in [0.4, 0.5) is 0 Å². The van der Waals surface area contributed by atoms with Gasteiger partial charge >= 0.3 is 0 Å². The minimum Gasteiger partial charge on any atom is -0.484 e. The van der Waals surface area contributed by atoms with E-state index in [4.69, 9.17) is 16.3 Å². The summed E-state index contributed by atoms with van der Waals surface area (Å²) in [6.07, 6.45) is 0.842. The fourth-order valence-electron chi connectivity index (χ4n) is 1.53. The molecule has 0 amide bonds. The molecule has 1 aromatic carbocycles. The maximum absolute atomic E-state index is 6.01. The van der Waals surface area contributed by atoms with Gasteiger partial charge in [0.25, 0.3) is 0 Å². The van der Waals surface area contributed by atoms with Gasteiger partial charge in [-0.15, -0.1) is 22.9 Å². The molecular formula is C13H12BrClOS. The Morgan fingerprint density at radius 3 is 2.71 bits per heavy atom. The van der Waals surface area contributed by atoms with Crippen LogP contribution >= 0.6 is 38.9 Å². The summed E-state index contributed by atoms with van der Waals surface area (Å²) in [6.45, 7) is 0. The number of thiophene rings is 1. The van der Waals surface area contributed by atoms with Crippen LogP contribution in [0, 0.1) is 0 Å². The summed E-state index contributed by atoms with van der Waals surface area (Å²) in [4.78, 5) is 1.21. The number of halogens is 2. The van der Waals surface area contributed by atoms with Crippen molar-refractivity contribution in [3.8, 4) is 5.75 Å². The molecule has 1 aromatic heterocycles. The second-order valence-corrected chi connectivity index (χ2v) is 5.74. The monoisotopic (exact) mass is 330 g/mol. The van der Waals surface area contributed by atoms with E-state index < -0.39 is 0 Å². The second-order valence-electron chi connectivity index (χ2n) is 3.53. The zero-order valence-corrected chi connectivity index (χ0v) is 12.3. The molecule has 0 aliphatic rings. The molecule has 0 saturated heterocycles. The quantitative estimate of drug-likeness (QED) is 0.679. The Labute approximate surface area is 119 Å². The predicted octanol–water partition coefficient (Wildman–Crippen LogP) is 5.26. The van der Waals surface area contributed by atoms with Crippen LogP contribution in [-0.4, -0.2) is 5.88 Å². The van der Waals surface area contributed by atoms with Gasteiger partial charge in [0.1, 0.15) is 11.9 Å². The molecule has 0 saturated carbocycles. The molecule has 1 heterocycles. The molecule has 0 aliphatic heterocycles. The van der Waals surface area contributed by atoms with Crippen molar-refractivity contribution in [1.29, 1.82) is 0 Å². The molecule has 1 unspecified atom stereocenters. The van der Waals surface area contributed by atoms with E-state index in [0.717, 1.165) is 16.6 Å². The average Bonchev–Trinajstić information content (AvgIpc) is 2.85. The average molecular weight is 332 g/mol. The standard InChI is InChI=1S/C13H12BrClOS/c14-10-4-1-2-5-11(10)16-12(7-8-15)13-6-3-9-17-13/h1-6,9,12H,7-8H2. The lowest BCUT2D eigenvalue weighted by Crippen LogP contribution is -2.07. The summed E-state index contributed by atoms with van der Waals surface area (Å²) >= 11 is 11.0. The molecule has 0 fully saturated rings. The third-order valence-corrected chi connectivity index (χ3v) is 4.18. The number of benzene rings is 1. The molecule has 17 heavy (non-hydrogen) atoms. The molecule has 0 radical (unpaired) electrons. The largest absolute Gasteiger partial charge is 0.484 e. The topological polar surface area (TPSA) is 9.23 Å². The van der Waals surface area contributed by atoms with E-state index in [9.17, 15) is 0 Å². The number of alkyl halides is 1. The van der Waals surface area contributed by atoms with E-state index >= 15 is 0 Å². The van der Waals surface area contributed by atoms with Crippen molar-refractivity contribution in [1.82, 2.24) is 0 Å². The second kappa shape index (κ2) is 6.43. The SMILES string of the molecule is ClCCC(Oc1ccccc1Br)c1cccs1. The van der Waals surface area contributed by atoms with Crippen LogP contribution in [0.2, 0.25) is 0 Å². The Hall–Kier alpha value is -0.510. The molecule has 0 spiro atoms. The van der Waals surface area contributed by atoms with Gasteiger partial charge in [-0.3, -0.25) is 0 Å². The van der Waals surface area contributed by atoms with Crippen LogP contribution in [0.25, 0.3) is 0 Å². The Balaban J connectivity index is 2.16. The summed E-state index contributed by atoms with van der Waals surface area (Å²) in [5.41, 5.74) is 0. The number of hydrogen-bond acceptors (Lipinski definition) is 2. The summed E-state index contributed by atoms with van der Waals surface area (Å²) in [5, 5.41) is 2.06. The van der Waals surface area contributed by atoms with Crippen molar-refractivity contribution < 1.29 is 4.74 Å². The van der Waals surface area contributed by atoms with Gasteiger partial charge in [-0.05, 0) is 39.5 Å². The van der Waals surface area contributed by atoms with Gasteiger partial charge in [0, 0.05) is 17.2 Å². The highest BCUT2D eigenvalue weighted by Crippen LogP contribution is 2.32. The van der Waals surface area contributed by atoms with Gasteiger partial charge in [-0.2, -0.15) is 0 Å². The highest BCUT2D eigenvalue weighted by atomic mass is 79.9. The number of ether oxygens (including phenoxy) is 1.